The van der Waals surface area contributed by atoms with E-state index in [1.165, 1.54) is 46.3 Å². The monoisotopic (exact) mass is 357 g/mol. The number of thiophene rings is 1. The molecule has 0 aliphatic heterocycles. The van der Waals surface area contributed by atoms with Crippen LogP contribution >= 0.6 is 27.3 Å². The predicted octanol–water partition coefficient (Wildman–Crippen LogP) is 6.08. The van der Waals surface area contributed by atoms with Crippen LogP contribution in [0.1, 0.15) is 69.4 Å². The van der Waals surface area contributed by atoms with E-state index in [4.69, 9.17) is 0 Å². The molecular formula is C17H28BrNS. The van der Waals surface area contributed by atoms with Crippen LogP contribution < -0.4 is 5.32 Å². The molecular weight excluding hydrogens is 330 g/mol. The quantitative estimate of drug-likeness (QED) is 0.650. The molecule has 0 bridgehead atoms. The van der Waals surface area contributed by atoms with Gasteiger partial charge in [0, 0.05) is 10.9 Å². The van der Waals surface area contributed by atoms with Crippen molar-refractivity contribution in [1.29, 1.82) is 0 Å². The summed E-state index contributed by atoms with van der Waals surface area (Å²) in [6.07, 6.45) is 6.92. The van der Waals surface area contributed by atoms with Crippen molar-refractivity contribution in [2.75, 3.05) is 6.54 Å². The van der Waals surface area contributed by atoms with Gasteiger partial charge in [-0.25, -0.2) is 0 Å². The van der Waals surface area contributed by atoms with Crippen LogP contribution in [0.4, 0.5) is 0 Å². The maximum Gasteiger partial charge on any atom is 0.0731 e. The Morgan fingerprint density at radius 1 is 1.35 bits per heavy atom. The Kier molecular flexibility index (Phi) is 5.72. The number of halogens is 1. The Hall–Kier alpha value is 0.140. The topological polar surface area (TPSA) is 12.0 Å². The van der Waals surface area contributed by atoms with Crippen LogP contribution in [0.25, 0.3) is 0 Å². The fourth-order valence-electron chi connectivity index (χ4n) is 3.95. The van der Waals surface area contributed by atoms with Crippen LogP contribution in [0.5, 0.6) is 0 Å². The van der Waals surface area contributed by atoms with Crippen molar-refractivity contribution in [3.05, 3.63) is 20.3 Å². The number of aryl methyl sites for hydroxylation is 1. The van der Waals surface area contributed by atoms with Crippen molar-refractivity contribution in [3.63, 3.8) is 0 Å². The first-order valence-electron chi connectivity index (χ1n) is 7.97. The van der Waals surface area contributed by atoms with Crippen molar-refractivity contribution in [1.82, 2.24) is 5.32 Å². The van der Waals surface area contributed by atoms with E-state index in [0.29, 0.717) is 11.5 Å². The van der Waals surface area contributed by atoms with Gasteiger partial charge >= 0.3 is 0 Å². The molecule has 1 fully saturated rings. The first-order valence-corrected chi connectivity index (χ1v) is 9.58. The maximum atomic E-state index is 3.82. The van der Waals surface area contributed by atoms with Gasteiger partial charge in [0.25, 0.3) is 0 Å². The van der Waals surface area contributed by atoms with Gasteiger partial charge in [-0.05, 0) is 71.6 Å². The van der Waals surface area contributed by atoms with E-state index in [9.17, 15) is 0 Å². The van der Waals surface area contributed by atoms with Crippen LogP contribution in [0.15, 0.2) is 9.85 Å². The molecule has 1 N–H and O–H groups in total. The lowest BCUT2D eigenvalue weighted by atomic mass is 9.72. The molecule has 0 spiro atoms. The average Bonchev–Trinajstić information content (AvgIpc) is 2.95. The fourth-order valence-corrected chi connectivity index (χ4v) is 5.74. The van der Waals surface area contributed by atoms with E-state index in [0.717, 1.165) is 12.5 Å². The Morgan fingerprint density at radius 3 is 2.45 bits per heavy atom. The van der Waals surface area contributed by atoms with Crippen LogP contribution in [-0.2, 0) is 0 Å². The van der Waals surface area contributed by atoms with Crippen molar-refractivity contribution in [2.24, 2.45) is 11.3 Å². The van der Waals surface area contributed by atoms with Gasteiger partial charge in [-0.15, -0.1) is 11.3 Å². The van der Waals surface area contributed by atoms with E-state index in [2.05, 4.69) is 55.0 Å². The third kappa shape index (κ3) is 3.48. The van der Waals surface area contributed by atoms with Gasteiger partial charge in [-0.1, -0.05) is 33.6 Å². The minimum absolute atomic E-state index is 0.473. The molecule has 1 aromatic heterocycles. The molecule has 0 radical (unpaired) electrons. The zero-order valence-corrected chi connectivity index (χ0v) is 15.7. The van der Waals surface area contributed by atoms with E-state index in [1.54, 1.807) is 0 Å². The standard InChI is InChI=1S/C17H28BrNS/c1-5-19-15(14-10-13(4)16(18)20-14)17(11-12(2)3)8-6-7-9-17/h10,12,15,19H,5-9,11H2,1-4H3. The molecule has 0 amide bonds. The summed E-state index contributed by atoms with van der Waals surface area (Å²) in [6.45, 7) is 10.2. The fraction of sp³-hybridized carbons (Fsp3) is 0.765. The lowest BCUT2D eigenvalue weighted by Crippen LogP contribution is -2.37. The normalized spacial score (nSPS) is 19.7. The summed E-state index contributed by atoms with van der Waals surface area (Å²) in [6, 6.07) is 2.93. The van der Waals surface area contributed by atoms with Crippen LogP contribution in [0.3, 0.4) is 0 Å². The van der Waals surface area contributed by atoms with Gasteiger partial charge in [-0.2, -0.15) is 0 Å². The van der Waals surface area contributed by atoms with E-state index < -0.39 is 0 Å². The molecule has 3 heteroatoms. The van der Waals surface area contributed by atoms with Gasteiger partial charge in [0.2, 0.25) is 0 Å². The summed E-state index contributed by atoms with van der Waals surface area (Å²) >= 11 is 5.63. The average molecular weight is 358 g/mol. The highest BCUT2D eigenvalue weighted by atomic mass is 79.9. The molecule has 1 heterocycles. The van der Waals surface area contributed by atoms with Crippen molar-refractivity contribution >= 4 is 27.3 Å². The minimum atomic E-state index is 0.473. The summed E-state index contributed by atoms with van der Waals surface area (Å²) in [5, 5.41) is 3.82. The smallest absolute Gasteiger partial charge is 0.0731 e. The van der Waals surface area contributed by atoms with Gasteiger partial charge < -0.3 is 5.32 Å². The van der Waals surface area contributed by atoms with Gasteiger partial charge in [-0.3, -0.25) is 0 Å². The first kappa shape index (κ1) is 16.5. The highest BCUT2D eigenvalue weighted by Crippen LogP contribution is 2.53. The third-order valence-electron chi connectivity index (χ3n) is 4.60. The summed E-state index contributed by atoms with van der Waals surface area (Å²) in [7, 11) is 0. The minimum Gasteiger partial charge on any atom is -0.309 e. The lowest BCUT2D eigenvalue weighted by Gasteiger charge is -2.39. The third-order valence-corrected chi connectivity index (χ3v) is 6.80. The molecule has 1 nitrogen and oxygen atoms in total. The lowest BCUT2D eigenvalue weighted by molar-refractivity contribution is 0.159. The highest BCUT2D eigenvalue weighted by Gasteiger charge is 2.42. The van der Waals surface area contributed by atoms with E-state index in [1.807, 2.05) is 11.3 Å². The molecule has 20 heavy (non-hydrogen) atoms. The van der Waals surface area contributed by atoms with Gasteiger partial charge in [0.15, 0.2) is 0 Å². The predicted molar refractivity (Wildman–Crippen MR) is 93.5 cm³/mol. The highest BCUT2D eigenvalue weighted by molar-refractivity contribution is 9.11. The number of rotatable bonds is 6. The molecule has 1 saturated carbocycles. The van der Waals surface area contributed by atoms with E-state index >= 15 is 0 Å². The van der Waals surface area contributed by atoms with E-state index in [-0.39, 0.29) is 0 Å². The largest absolute Gasteiger partial charge is 0.309 e. The molecule has 1 aliphatic rings. The molecule has 2 rings (SSSR count). The Bertz CT molecular complexity index is 413. The zero-order valence-electron chi connectivity index (χ0n) is 13.3. The molecule has 0 saturated heterocycles. The first-order chi connectivity index (χ1) is 9.48. The van der Waals surface area contributed by atoms with Crippen molar-refractivity contribution < 1.29 is 0 Å². The second kappa shape index (κ2) is 6.93. The number of hydrogen-bond acceptors (Lipinski definition) is 2. The van der Waals surface area contributed by atoms with Crippen molar-refractivity contribution in [3.8, 4) is 0 Å². The van der Waals surface area contributed by atoms with Crippen LogP contribution in [0, 0.1) is 18.3 Å². The Morgan fingerprint density at radius 2 is 2.00 bits per heavy atom. The number of nitrogens with one attached hydrogen (secondary N) is 1. The van der Waals surface area contributed by atoms with Gasteiger partial charge in [0.1, 0.15) is 0 Å². The van der Waals surface area contributed by atoms with Crippen molar-refractivity contribution in [2.45, 2.75) is 65.8 Å². The molecule has 114 valence electrons. The molecule has 0 aromatic carbocycles. The molecule has 1 atom stereocenters. The zero-order chi connectivity index (χ0) is 14.8. The number of hydrogen-bond donors (Lipinski definition) is 1. The van der Waals surface area contributed by atoms with Gasteiger partial charge in [0.05, 0.1) is 3.79 Å². The summed E-state index contributed by atoms with van der Waals surface area (Å²) in [5.41, 5.74) is 1.85. The van der Waals surface area contributed by atoms with Crippen LogP contribution in [0.2, 0.25) is 0 Å². The SMILES string of the molecule is CCNC(c1cc(C)c(Br)s1)C1(CC(C)C)CCCC1. The molecule has 1 aromatic rings. The summed E-state index contributed by atoms with van der Waals surface area (Å²) < 4.78 is 1.30. The summed E-state index contributed by atoms with van der Waals surface area (Å²) in [5.74, 6) is 0.777. The molecule has 1 unspecified atom stereocenters. The molecule has 1 aliphatic carbocycles. The Balaban J connectivity index is 2.33. The summed E-state index contributed by atoms with van der Waals surface area (Å²) in [4.78, 5) is 1.53. The Labute approximate surface area is 136 Å². The second-order valence-electron chi connectivity index (χ2n) is 6.76. The van der Waals surface area contributed by atoms with Crippen LogP contribution in [-0.4, -0.2) is 6.54 Å². The maximum absolute atomic E-state index is 3.82. The second-order valence-corrected chi connectivity index (χ2v) is 9.17.